The second kappa shape index (κ2) is 5.11. The van der Waals surface area contributed by atoms with Crippen LogP contribution < -0.4 is 4.74 Å². The van der Waals surface area contributed by atoms with E-state index in [2.05, 4.69) is 0 Å². The Morgan fingerprint density at radius 2 is 2.00 bits per heavy atom. The summed E-state index contributed by atoms with van der Waals surface area (Å²) in [5.74, 6) is 0.696. The molecule has 0 aliphatic carbocycles. The Bertz CT molecular complexity index is 324. The fraction of sp³-hybridized carbons (Fsp3) is 0.455. The van der Waals surface area contributed by atoms with Crippen molar-refractivity contribution in [3.8, 4) is 5.75 Å². The van der Waals surface area contributed by atoms with E-state index in [4.69, 9.17) is 9.84 Å². The first-order valence-corrected chi connectivity index (χ1v) is 4.71. The first kappa shape index (κ1) is 12.0. The van der Waals surface area contributed by atoms with E-state index in [0.717, 1.165) is 5.56 Å². The lowest BCUT2D eigenvalue weighted by molar-refractivity contribution is -0.0155. The molecule has 0 heterocycles. The molecule has 1 aromatic rings. The largest absolute Gasteiger partial charge is 0.497 e. The van der Waals surface area contributed by atoms with Crippen molar-refractivity contribution in [2.24, 2.45) is 0 Å². The van der Waals surface area contributed by atoms with Gasteiger partial charge in [-0.25, -0.2) is 0 Å². The van der Waals surface area contributed by atoms with Crippen LogP contribution in [0.1, 0.15) is 17.2 Å². The summed E-state index contributed by atoms with van der Waals surface area (Å²) >= 11 is 0. The molecule has 0 bridgehead atoms. The quantitative estimate of drug-likeness (QED) is 0.675. The number of benzene rings is 1. The lowest BCUT2D eigenvalue weighted by Gasteiger charge is -2.18. The summed E-state index contributed by atoms with van der Waals surface area (Å²) in [6.07, 6.45) is -2.22. The number of rotatable bonds is 4. The van der Waals surface area contributed by atoms with Crippen LogP contribution in [0.25, 0.3) is 0 Å². The Morgan fingerprint density at radius 3 is 2.47 bits per heavy atom. The zero-order chi connectivity index (χ0) is 11.4. The molecule has 4 heteroatoms. The van der Waals surface area contributed by atoms with E-state index in [0.29, 0.717) is 11.3 Å². The Hall–Kier alpha value is -1.10. The van der Waals surface area contributed by atoms with Gasteiger partial charge in [0.2, 0.25) is 0 Å². The van der Waals surface area contributed by atoms with Gasteiger partial charge in [0.15, 0.2) is 0 Å². The number of aliphatic hydroxyl groups is 3. The van der Waals surface area contributed by atoms with Crippen molar-refractivity contribution >= 4 is 0 Å². The van der Waals surface area contributed by atoms with E-state index >= 15 is 0 Å². The minimum Gasteiger partial charge on any atom is -0.497 e. The van der Waals surface area contributed by atoms with Crippen LogP contribution in [0, 0.1) is 6.92 Å². The average Bonchev–Trinajstić information content (AvgIpc) is 2.26. The smallest absolute Gasteiger partial charge is 0.119 e. The molecule has 84 valence electrons. The Morgan fingerprint density at radius 1 is 1.33 bits per heavy atom. The zero-order valence-electron chi connectivity index (χ0n) is 8.84. The normalized spacial score (nSPS) is 14.7. The number of ether oxygens (including phenoxy) is 1. The maximum absolute atomic E-state index is 9.68. The van der Waals surface area contributed by atoms with Gasteiger partial charge in [0.1, 0.15) is 18.0 Å². The fourth-order valence-corrected chi connectivity index (χ4v) is 1.41. The maximum Gasteiger partial charge on any atom is 0.119 e. The minimum atomic E-state index is -1.16. The summed E-state index contributed by atoms with van der Waals surface area (Å²) in [5.41, 5.74) is 1.41. The number of aliphatic hydroxyl groups excluding tert-OH is 3. The van der Waals surface area contributed by atoms with Crippen LogP contribution in [0.3, 0.4) is 0 Å². The molecule has 0 fully saturated rings. The Labute approximate surface area is 88.8 Å². The lowest BCUT2D eigenvalue weighted by Crippen LogP contribution is -2.22. The highest BCUT2D eigenvalue weighted by Gasteiger charge is 2.19. The number of aryl methyl sites for hydroxylation is 1. The van der Waals surface area contributed by atoms with Gasteiger partial charge in [0, 0.05) is 0 Å². The second-order valence-electron chi connectivity index (χ2n) is 3.42. The van der Waals surface area contributed by atoms with E-state index in [9.17, 15) is 10.2 Å². The van der Waals surface area contributed by atoms with Gasteiger partial charge in [0.25, 0.3) is 0 Å². The van der Waals surface area contributed by atoms with Gasteiger partial charge >= 0.3 is 0 Å². The molecule has 0 aromatic heterocycles. The molecular formula is C11H16O4. The van der Waals surface area contributed by atoms with E-state index in [1.165, 1.54) is 0 Å². The molecule has 0 saturated carbocycles. The summed E-state index contributed by atoms with van der Waals surface area (Å²) in [7, 11) is 1.56. The predicted octanol–water partition coefficient (Wildman–Crippen LogP) is 0.390. The molecule has 0 aliphatic rings. The van der Waals surface area contributed by atoms with Gasteiger partial charge in [-0.15, -0.1) is 0 Å². The van der Waals surface area contributed by atoms with E-state index in [-0.39, 0.29) is 0 Å². The van der Waals surface area contributed by atoms with E-state index in [1.807, 2.05) is 6.92 Å². The van der Waals surface area contributed by atoms with Gasteiger partial charge in [-0.05, 0) is 30.2 Å². The first-order valence-electron chi connectivity index (χ1n) is 4.71. The average molecular weight is 212 g/mol. The molecule has 0 radical (unpaired) electrons. The molecule has 2 unspecified atom stereocenters. The van der Waals surface area contributed by atoms with Crippen molar-refractivity contribution in [1.29, 1.82) is 0 Å². The molecule has 0 aliphatic heterocycles. The van der Waals surface area contributed by atoms with Gasteiger partial charge < -0.3 is 20.1 Å². The van der Waals surface area contributed by atoms with Gasteiger partial charge in [0.05, 0.1) is 13.7 Å². The first-order chi connectivity index (χ1) is 7.10. The highest BCUT2D eigenvalue weighted by Crippen LogP contribution is 2.24. The summed E-state index contributed by atoms with van der Waals surface area (Å²) < 4.78 is 5.02. The molecule has 0 amide bonds. The summed E-state index contributed by atoms with van der Waals surface area (Å²) in [4.78, 5) is 0. The third-order valence-corrected chi connectivity index (χ3v) is 2.35. The van der Waals surface area contributed by atoms with Crippen LogP contribution >= 0.6 is 0 Å². The van der Waals surface area contributed by atoms with Crippen molar-refractivity contribution in [1.82, 2.24) is 0 Å². The predicted molar refractivity (Wildman–Crippen MR) is 55.8 cm³/mol. The second-order valence-corrected chi connectivity index (χ2v) is 3.42. The van der Waals surface area contributed by atoms with Crippen LogP contribution in [-0.4, -0.2) is 35.1 Å². The van der Waals surface area contributed by atoms with E-state index in [1.54, 1.807) is 25.3 Å². The number of hydrogen-bond donors (Lipinski definition) is 3. The third kappa shape index (κ3) is 2.68. The van der Waals surface area contributed by atoms with Gasteiger partial charge in [-0.1, -0.05) is 6.07 Å². The Kier molecular flexibility index (Phi) is 4.08. The van der Waals surface area contributed by atoms with Crippen molar-refractivity contribution in [3.05, 3.63) is 29.3 Å². The van der Waals surface area contributed by atoms with Crippen molar-refractivity contribution in [2.45, 2.75) is 19.1 Å². The molecule has 15 heavy (non-hydrogen) atoms. The monoisotopic (exact) mass is 212 g/mol. The molecule has 4 nitrogen and oxygen atoms in total. The third-order valence-electron chi connectivity index (χ3n) is 2.35. The molecule has 3 N–H and O–H groups in total. The lowest BCUT2D eigenvalue weighted by atomic mass is 9.99. The summed E-state index contributed by atoms with van der Waals surface area (Å²) in [5, 5.41) is 27.7. The van der Waals surface area contributed by atoms with E-state index < -0.39 is 18.8 Å². The summed E-state index contributed by atoms with van der Waals surface area (Å²) in [6, 6.07) is 5.15. The maximum atomic E-state index is 9.68. The highest BCUT2D eigenvalue weighted by molar-refractivity contribution is 5.36. The van der Waals surface area contributed by atoms with Crippen LogP contribution in [-0.2, 0) is 0 Å². The highest BCUT2D eigenvalue weighted by atomic mass is 16.5. The molecule has 1 rings (SSSR count). The topological polar surface area (TPSA) is 69.9 Å². The van der Waals surface area contributed by atoms with Gasteiger partial charge in [-0.2, -0.15) is 0 Å². The Balaban J connectivity index is 2.95. The molecule has 2 atom stereocenters. The fourth-order valence-electron chi connectivity index (χ4n) is 1.41. The molecular weight excluding hydrogens is 196 g/mol. The van der Waals surface area contributed by atoms with Gasteiger partial charge in [-0.3, -0.25) is 0 Å². The molecule has 0 spiro atoms. The summed E-state index contributed by atoms with van der Waals surface area (Å²) in [6.45, 7) is 1.35. The molecule has 1 aromatic carbocycles. The van der Waals surface area contributed by atoms with Crippen molar-refractivity contribution < 1.29 is 20.1 Å². The van der Waals surface area contributed by atoms with Crippen LogP contribution in [0.2, 0.25) is 0 Å². The van der Waals surface area contributed by atoms with Crippen LogP contribution in [0.15, 0.2) is 18.2 Å². The minimum absolute atomic E-state index is 0.466. The van der Waals surface area contributed by atoms with Crippen LogP contribution in [0.5, 0.6) is 5.75 Å². The number of hydrogen-bond acceptors (Lipinski definition) is 4. The van der Waals surface area contributed by atoms with Crippen LogP contribution in [0.4, 0.5) is 0 Å². The SMILES string of the molecule is COc1ccc(C(O)C(O)CO)c(C)c1. The van der Waals surface area contributed by atoms with Crippen molar-refractivity contribution in [2.75, 3.05) is 13.7 Å². The molecule has 0 saturated heterocycles. The zero-order valence-corrected chi connectivity index (χ0v) is 8.84. The van der Waals surface area contributed by atoms with Crippen molar-refractivity contribution in [3.63, 3.8) is 0 Å². The number of methoxy groups -OCH3 is 1. The standard InChI is InChI=1S/C11H16O4/c1-7-5-8(15-2)3-4-9(7)11(14)10(13)6-12/h3-5,10-14H,6H2,1-2H3.